The molecule has 1 heterocycles. The molecule has 2 rings (SSSR count). The number of aliphatic hydroxyl groups is 1. The van der Waals surface area contributed by atoms with Crippen LogP contribution in [0.25, 0.3) is 0 Å². The van der Waals surface area contributed by atoms with Gasteiger partial charge in [-0.15, -0.1) is 0 Å². The summed E-state index contributed by atoms with van der Waals surface area (Å²) in [5, 5.41) is 20.3. The highest BCUT2D eigenvalue weighted by molar-refractivity contribution is 6.22. The normalized spacial score (nSPS) is 17.6. The molecule has 0 aromatic heterocycles. The zero-order chi connectivity index (χ0) is 13.4. The van der Waals surface area contributed by atoms with E-state index >= 15 is 0 Å². The Morgan fingerprint density at radius 1 is 1.22 bits per heavy atom. The number of amides is 2. The van der Waals surface area contributed by atoms with Crippen LogP contribution in [0, 0.1) is 0 Å². The average Bonchev–Trinajstić information content (AvgIpc) is 2.55. The second kappa shape index (κ2) is 4.23. The molecule has 6 heteroatoms. The second-order valence-corrected chi connectivity index (χ2v) is 4.03. The van der Waals surface area contributed by atoms with E-state index in [1.807, 2.05) is 0 Å². The van der Waals surface area contributed by atoms with Crippen molar-refractivity contribution in [1.29, 1.82) is 0 Å². The fraction of sp³-hybridized carbons (Fsp3) is 0.250. The Labute approximate surface area is 102 Å². The molecule has 0 unspecified atom stereocenters. The maximum atomic E-state index is 12.0. The molecule has 0 spiro atoms. The molecule has 1 aromatic rings. The van der Waals surface area contributed by atoms with Gasteiger partial charge < -0.3 is 15.0 Å². The van der Waals surface area contributed by atoms with Crippen LogP contribution in [0.4, 0.5) is 0 Å². The summed E-state index contributed by atoms with van der Waals surface area (Å²) in [5.74, 6) is -3.13. The maximum Gasteiger partial charge on any atom is 0.262 e. The standard InChI is InChI=1S/C12H11NO5/c1-6(14)9(12(17)18)13-10(15)7-4-2-3-5-8(7)11(13)16/h2-6,9,14H,1H3,(H,17,18)/p-1/t6-,9-/m0/s1. The van der Waals surface area contributed by atoms with Gasteiger partial charge in [0.05, 0.1) is 23.2 Å². The number of carboxylic acid groups (broad SMARTS) is 1. The van der Waals surface area contributed by atoms with Gasteiger partial charge in [0, 0.05) is 0 Å². The van der Waals surface area contributed by atoms with Gasteiger partial charge in [-0.3, -0.25) is 14.5 Å². The molecule has 1 aliphatic heterocycles. The van der Waals surface area contributed by atoms with Crippen LogP contribution >= 0.6 is 0 Å². The first-order chi connectivity index (χ1) is 8.45. The van der Waals surface area contributed by atoms with Crippen molar-refractivity contribution < 1.29 is 24.6 Å². The van der Waals surface area contributed by atoms with Gasteiger partial charge in [-0.1, -0.05) is 12.1 Å². The quantitative estimate of drug-likeness (QED) is 0.676. The first kappa shape index (κ1) is 12.3. The summed E-state index contributed by atoms with van der Waals surface area (Å²) in [4.78, 5) is 35.4. The van der Waals surface area contributed by atoms with E-state index in [2.05, 4.69) is 0 Å². The summed E-state index contributed by atoms with van der Waals surface area (Å²) in [5.41, 5.74) is 0.267. The van der Waals surface area contributed by atoms with Crippen LogP contribution in [0.1, 0.15) is 27.6 Å². The molecule has 0 aliphatic carbocycles. The molecule has 1 N–H and O–H groups in total. The van der Waals surface area contributed by atoms with Crippen LogP contribution in [0.2, 0.25) is 0 Å². The van der Waals surface area contributed by atoms with Crippen molar-refractivity contribution in [2.24, 2.45) is 0 Å². The van der Waals surface area contributed by atoms with Crippen LogP contribution in [0.15, 0.2) is 24.3 Å². The zero-order valence-corrected chi connectivity index (χ0v) is 9.49. The number of nitrogens with zero attached hydrogens (tertiary/aromatic N) is 1. The number of benzene rings is 1. The van der Waals surface area contributed by atoms with Gasteiger partial charge in [0.1, 0.15) is 6.04 Å². The third-order valence-electron chi connectivity index (χ3n) is 2.80. The molecule has 0 fully saturated rings. The van der Waals surface area contributed by atoms with Crippen molar-refractivity contribution in [3.63, 3.8) is 0 Å². The van der Waals surface area contributed by atoms with Gasteiger partial charge in [0.2, 0.25) is 0 Å². The highest BCUT2D eigenvalue weighted by atomic mass is 16.4. The van der Waals surface area contributed by atoms with Gasteiger partial charge in [0.15, 0.2) is 0 Å². The molecule has 94 valence electrons. The third-order valence-corrected chi connectivity index (χ3v) is 2.80. The summed E-state index contributed by atoms with van der Waals surface area (Å²) in [6.07, 6.45) is -1.41. The molecule has 1 aromatic carbocycles. The molecule has 18 heavy (non-hydrogen) atoms. The third kappa shape index (κ3) is 1.67. The molecule has 0 saturated heterocycles. The highest BCUT2D eigenvalue weighted by Gasteiger charge is 2.41. The maximum absolute atomic E-state index is 12.0. The monoisotopic (exact) mass is 248 g/mol. The van der Waals surface area contributed by atoms with Crippen LogP contribution in [0.3, 0.4) is 0 Å². The fourth-order valence-electron chi connectivity index (χ4n) is 1.98. The smallest absolute Gasteiger partial charge is 0.262 e. The van der Waals surface area contributed by atoms with E-state index in [0.717, 1.165) is 0 Å². The first-order valence-corrected chi connectivity index (χ1v) is 5.31. The van der Waals surface area contributed by atoms with E-state index in [9.17, 15) is 24.6 Å². The van der Waals surface area contributed by atoms with Gasteiger partial charge in [-0.25, -0.2) is 0 Å². The van der Waals surface area contributed by atoms with Gasteiger partial charge in [-0.2, -0.15) is 0 Å². The molecule has 2 atom stereocenters. The summed E-state index contributed by atoms with van der Waals surface area (Å²) in [7, 11) is 0. The summed E-state index contributed by atoms with van der Waals surface area (Å²) in [6.45, 7) is 1.18. The molecule has 0 saturated carbocycles. The van der Waals surface area contributed by atoms with Crippen LogP contribution in [0.5, 0.6) is 0 Å². The first-order valence-electron chi connectivity index (χ1n) is 5.31. The minimum Gasteiger partial charge on any atom is -0.548 e. The molecule has 0 radical (unpaired) electrons. The minimum atomic E-state index is -1.68. The number of hydrogen-bond acceptors (Lipinski definition) is 5. The number of aliphatic hydroxyl groups excluding tert-OH is 1. The lowest BCUT2D eigenvalue weighted by atomic mass is 10.1. The Kier molecular flexibility index (Phi) is 2.88. The van der Waals surface area contributed by atoms with E-state index in [-0.39, 0.29) is 11.1 Å². The number of rotatable bonds is 3. The van der Waals surface area contributed by atoms with E-state index < -0.39 is 29.9 Å². The van der Waals surface area contributed by atoms with Crippen LogP contribution in [-0.4, -0.2) is 39.9 Å². The SMILES string of the molecule is C[C@H](O)[C@@H](C(=O)[O-])N1C(=O)c2ccccc2C1=O. The Morgan fingerprint density at radius 2 is 1.67 bits per heavy atom. The van der Waals surface area contributed by atoms with E-state index in [1.54, 1.807) is 12.1 Å². The summed E-state index contributed by atoms with van der Waals surface area (Å²) >= 11 is 0. The second-order valence-electron chi connectivity index (χ2n) is 4.03. The number of carbonyl (C=O) groups is 3. The number of carbonyl (C=O) groups excluding carboxylic acids is 3. The largest absolute Gasteiger partial charge is 0.548 e. The van der Waals surface area contributed by atoms with Crippen molar-refractivity contribution in [2.45, 2.75) is 19.1 Å². The molecule has 1 aliphatic rings. The van der Waals surface area contributed by atoms with E-state index in [0.29, 0.717) is 4.90 Å². The lowest BCUT2D eigenvalue weighted by molar-refractivity contribution is -0.312. The van der Waals surface area contributed by atoms with Crippen molar-refractivity contribution >= 4 is 17.8 Å². The Balaban J connectivity index is 2.47. The van der Waals surface area contributed by atoms with Gasteiger partial charge >= 0.3 is 0 Å². The number of hydrogen-bond donors (Lipinski definition) is 1. The fourth-order valence-corrected chi connectivity index (χ4v) is 1.98. The lowest BCUT2D eigenvalue weighted by Crippen LogP contribution is -2.55. The molecular weight excluding hydrogens is 238 g/mol. The number of aliphatic carboxylic acids is 1. The van der Waals surface area contributed by atoms with Crippen molar-refractivity contribution in [2.75, 3.05) is 0 Å². The Morgan fingerprint density at radius 3 is 2.00 bits per heavy atom. The Bertz CT molecular complexity index is 502. The van der Waals surface area contributed by atoms with Crippen LogP contribution < -0.4 is 5.11 Å². The minimum absolute atomic E-state index is 0.134. The molecular formula is C12H10NO5-. The lowest BCUT2D eigenvalue weighted by Gasteiger charge is -2.29. The van der Waals surface area contributed by atoms with Crippen molar-refractivity contribution in [3.05, 3.63) is 35.4 Å². The van der Waals surface area contributed by atoms with Crippen LogP contribution in [-0.2, 0) is 4.79 Å². The number of fused-ring (bicyclic) bond motifs is 1. The predicted molar refractivity (Wildman–Crippen MR) is 57.4 cm³/mol. The van der Waals surface area contributed by atoms with Crippen molar-refractivity contribution in [3.8, 4) is 0 Å². The number of carboxylic acids is 1. The van der Waals surface area contributed by atoms with Gasteiger partial charge in [-0.05, 0) is 19.1 Å². The average molecular weight is 248 g/mol. The molecule has 0 bridgehead atoms. The summed E-state index contributed by atoms with van der Waals surface area (Å²) in [6, 6.07) is 4.33. The Hall–Kier alpha value is -2.21. The van der Waals surface area contributed by atoms with Gasteiger partial charge in [0.25, 0.3) is 11.8 Å². The van der Waals surface area contributed by atoms with E-state index in [4.69, 9.17) is 0 Å². The van der Waals surface area contributed by atoms with E-state index in [1.165, 1.54) is 19.1 Å². The number of imide groups is 1. The topological polar surface area (TPSA) is 97.7 Å². The molecule has 2 amide bonds. The zero-order valence-electron chi connectivity index (χ0n) is 9.49. The predicted octanol–water partition coefficient (Wildman–Crippen LogP) is -1.22. The molecule has 6 nitrogen and oxygen atoms in total. The summed E-state index contributed by atoms with van der Waals surface area (Å²) < 4.78 is 0. The highest BCUT2D eigenvalue weighted by Crippen LogP contribution is 2.25. The van der Waals surface area contributed by atoms with Crippen molar-refractivity contribution in [1.82, 2.24) is 4.90 Å².